The number of rotatable bonds is 7. The molecule has 0 spiro atoms. The summed E-state index contributed by atoms with van der Waals surface area (Å²) in [6.07, 6.45) is 3.05. The minimum absolute atomic E-state index is 0.0384. The van der Waals surface area contributed by atoms with E-state index in [-0.39, 0.29) is 37.2 Å². The fourth-order valence-electron chi connectivity index (χ4n) is 3.25. The Morgan fingerprint density at radius 1 is 1.12 bits per heavy atom. The first kappa shape index (κ1) is 20.1. The maximum absolute atomic E-state index is 12.8. The van der Waals surface area contributed by atoms with Crippen molar-refractivity contribution in [2.45, 2.75) is 52.0 Å². The van der Waals surface area contributed by atoms with Crippen LogP contribution in [0.3, 0.4) is 0 Å². The molecule has 1 aliphatic rings. The maximum atomic E-state index is 12.8. The van der Waals surface area contributed by atoms with Gasteiger partial charge in [0, 0.05) is 18.0 Å². The van der Waals surface area contributed by atoms with Gasteiger partial charge in [0.25, 0.3) is 5.91 Å². The molecule has 1 aromatic rings. The zero-order valence-corrected chi connectivity index (χ0v) is 15.3. The number of nitrogens with one attached hydrogen (secondary N) is 1. The van der Waals surface area contributed by atoms with E-state index in [2.05, 4.69) is 19.2 Å². The molecule has 1 fully saturated rings. The van der Waals surface area contributed by atoms with Gasteiger partial charge in [-0.05, 0) is 42.5 Å². The second kappa shape index (κ2) is 9.46. The van der Waals surface area contributed by atoms with Crippen LogP contribution in [0.1, 0.15) is 56.3 Å². The molecular formula is C20H26FNO4. The quantitative estimate of drug-likeness (QED) is 0.596. The minimum Gasteiger partial charge on any atom is -0.456 e. The van der Waals surface area contributed by atoms with Crippen LogP contribution in [0.4, 0.5) is 4.39 Å². The van der Waals surface area contributed by atoms with Crippen LogP contribution in [0.15, 0.2) is 24.3 Å². The SMILES string of the molecule is C[C@H]1[C@H](C)CCC[C@H]1NC(=O)COC(=O)CCC(=O)c1ccc(F)cc1. The van der Waals surface area contributed by atoms with Gasteiger partial charge in [-0.25, -0.2) is 4.39 Å². The standard InChI is InChI=1S/C20H26FNO4/c1-13-4-3-5-17(14(13)2)22-19(24)12-26-20(25)11-10-18(23)15-6-8-16(21)9-7-15/h6-9,13-14,17H,3-5,10-12H2,1-2H3,(H,22,24)/t13-,14+,17-/m1/s1. The molecule has 1 saturated carbocycles. The van der Waals surface area contributed by atoms with E-state index < -0.39 is 11.8 Å². The molecule has 0 radical (unpaired) electrons. The van der Waals surface area contributed by atoms with Crippen molar-refractivity contribution in [2.24, 2.45) is 11.8 Å². The Balaban J connectivity index is 1.68. The summed E-state index contributed by atoms with van der Waals surface area (Å²) in [7, 11) is 0. The first-order valence-electron chi connectivity index (χ1n) is 9.10. The Morgan fingerprint density at radius 2 is 1.81 bits per heavy atom. The van der Waals surface area contributed by atoms with Crippen LogP contribution < -0.4 is 5.32 Å². The third-order valence-electron chi connectivity index (χ3n) is 5.14. The Kier molecular flexibility index (Phi) is 7.30. The molecule has 1 amide bonds. The van der Waals surface area contributed by atoms with Gasteiger partial charge in [-0.3, -0.25) is 14.4 Å². The van der Waals surface area contributed by atoms with Crippen molar-refractivity contribution in [1.29, 1.82) is 0 Å². The third-order valence-corrected chi connectivity index (χ3v) is 5.14. The van der Waals surface area contributed by atoms with Crippen LogP contribution >= 0.6 is 0 Å². The van der Waals surface area contributed by atoms with Gasteiger partial charge in [0.15, 0.2) is 12.4 Å². The number of hydrogen-bond acceptors (Lipinski definition) is 4. The molecule has 2 rings (SSSR count). The third kappa shape index (κ3) is 5.93. The molecule has 1 aromatic carbocycles. The molecule has 5 nitrogen and oxygen atoms in total. The number of benzene rings is 1. The average molecular weight is 363 g/mol. The zero-order valence-electron chi connectivity index (χ0n) is 15.3. The Hall–Kier alpha value is -2.24. The Bertz CT molecular complexity index is 644. The van der Waals surface area contributed by atoms with Crippen molar-refractivity contribution >= 4 is 17.7 Å². The smallest absolute Gasteiger partial charge is 0.306 e. The molecule has 0 bridgehead atoms. The fraction of sp³-hybridized carbons (Fsp3) is 0.550. The highest BCUT2D eigenvalue weighted by Crippen LogP contribution is 2.29. The second-order valence-electron chi connectivity index (χ2n) is 7.03. The molecule has 0 saturated heterocycles. The van der Waals surface area contributed by atoms with Crippen LogP contribution in [-0.4, -0.2) is 30.3 Å². The highest BCUT2D eigenvalue weighted by Gasteiger charge is 2.28. The van der Waals surface area contributed by atoms with Gasteiger partial charge in [-0.15, -0.1) is 0 Å². The van der Waals surface area contributed by atoms with Gasteiger partial charge in [-0.2, -0.15) is 0 Å². The summed E-state index contributed by atoms with van der Waals surface area (Å²) in [5, 5.41) is 2.93. The number of ketones is 1. The predicted molar refractivity (Wildman–Crippen MR) is 95.0 cm³/mol. The van der Waals surface area contributed by atoms with E-state index in [0.29, 0.717) is 17.4 Å². The van der Waals surface area contributed by atoms with Crippen LogP contribution in [0.5, 0.6) is 0 Å². The predicted octanol–water partition coefficient (Wildman–Crippen LogP) is 3.27. The monoisotopic (exact) mass is 363 g/mol. The van der Waals surface area contributed by atoms with Crippen LogP contribution in [0, 0.1) is 17.7 Å². The summed E-state index contributed by atoms with van der Waals surface area (Å²) in [6.45, 7) is 3.98. The lowest BCUT2D eigenvalue weighted by molar-refractivity contribution is -0.148. The molecule has 142 valence electrons. The molecule has 0 unspecified atom stereocenters. The highest BCUT2D eigenvalue weighted by molar-refractivity contribution is 5.97. The first-order chi connectivity index (χ1) is 12.4. The molecule has 0 heterocycles. The molecular weight excluding hydrogens is 337 g/mol. The van der Waals surface area contributed by atoms with E-state index in [9.17, 15) is 18.8 Å². The number of halogens is 1. The zero-order chi connectivity index (χ0) is 19.1. The Morgan fingerprint density at radius 3 is 2.50 bits per heavy atom. The lowest BCUT2D eigenvalue weighted by atomic mass is 9.78. The largest absolute Gasteiger partial charge is 0.456 e. The van der Waals surface area contributed by atoms with Gasteiger partial charge in [-0.1, -0.05) is 26.7 Å². The summed E-state index contributed by atoms with van der Waals surface area (Å²) in [4.78, 5) is 35.6. The Labute approximate surface area is 153 Å². The van der Waals surface area contributed by atoms with E-state index >= 15 is 0 Å². The topological polar surface area (TPSA) is 72.5 Å². The van der Waals surface area contributed by atoms with E-state index in [1.54, 1.807) is 0 Å². The number of ether oxygens (including phenoxy) is 1. The summed E-state index contributed by atoms with van der Waals surface area (Å²) < 4.78 is 17.8. The van der Waals surface area contributed by atoms with Gasteiger partial charge >= 0.3 is 5.97 Å². The van der Waals surface area contributed by atoms with Crippen LogP contribution in [-0.2, 0) is 14.3 Å². The fourth-order valence-corrected chi connectivity index (χ4v) is 3.25. The van der Waals surface area contributed by atoms with Crippen molar-refractivity contribution in [1.82, 2.24) is 5.32 Å². The van der Waals surface area contributed by atoms with Gasteiger partial charge in [0.2, 0.25) is 0 Å². The highest BCUT2D eigenvalue weighted by atomic mass is 19.1. The summed E-state index contributed by atoms with van der Waals surface area (Å²) in [5.41, 5.74) is 0.345. The second-order valence-corrected chi connectivity index (χ2v) is 7.03. The lowest BCUT2D eigenvalue weighted by Gasteiger charge is -2.34. The molecule has 0 aliphatic heterocycles. The van der Waals surface area contributed by atoms with Crippen molar-refractivity contribution < 1.29 is 23.5 Å². The normalized spacial score (nSPS) is 22.5. The van der Waals surface area contributed by atoms with Crippen molar-refractivity contribution in [2.75, 3.05) is 6.61 Å². The number of carbonyl (C=O) groups excluding carboxylic acids is 3. The van der Waals surface area contributed by atoms with Crippen LogP contribution in [0.2, 0.25) is 0 Å². The number of carbonyl (C=O) groups is 3. The van der Waals surface area contributed by atoms with E-state index in [4.69, 9.17) is 4.74 Å². The minimum atomic E-state index is -0.597. The van der Waals surface area contributed by atoms with Crippen molar-refractivity contribution in [3.8, 4) is 0 Å². The summed E-state index contributed by atoms with van der Waals surface area (Å²) >= 11 is 0. The molecule has 1 aliphatic carbocycles. The number of esters is 1. The molecule has 26 heavy (non-hydrogen) atoms. The maximum Gasteiger partial charge on any atom is 0.306 e. The van der Waals surface area contributed by atoms with Crippen molar-refractivity contribution in [3.05, 3.63) is 35.6 Å². The van der Waals surface area contributed by atoms with E-state index in [1.807, 2.05) is 0 Å². The average Bonchev–Trinajstić information content (AvgIpc) is 2.62. The molecule has 6 heteroatoms. The molecule has 0 aromatic heterocycles. The van der Waals surface area contributed by atoms with Crippen LogP contribution in [0.25, 0.3) is 0 Å². The number of amides is 1. The lowest BCUT2D eigenvalue weighted by Crippen LogP contribution is -2.45. The van der Waals surface area contributed by atoms with Gasteiger partial charge in [0.1, 0.15) is 5.82 Å². The van der Waals surface area contributed by atoms with Crippen molar-refractivity contribution in [3.63, 3.8) is 0 Å². The van der Waals surface area contributed by atoms with E-state index in [1.165, 1.54) is 30.7 Å². The summed E-state index contributed by atoms with van der Waals surface area (Å²) in [5.74, 6) is -0.634. The molecule has 3 atom stereocenters. The van der Waals surface area contributed by atoms with Gasteiger partial charge in [0.05, 0.1) is 6.42 Å². The first-order valence-corrected chi connectivity index (χ1v) is 9.10. The van der Waals surface area contributed by atoms with E-state index in [0.717, 1.165) is 12.8 Å². The van der Waals surface area contributed by atoms with Gasteiger partial charge < -0.3 is 10.1 Å². The molecule has 1 N–H and O–H groups in total. The summed E-state index contributed by atoms with van der Waals surface area (Å²) in [6, 6.07) is 5.27. The number of hydrogen-bond donors (Lipinski definition) is 1. The number of Topliss-reactive ketones (excluding diaryl/α,β-unsaturated/α-hetero) is 1.